The molecule has 6 heteroatoms. The van der Waals surface area contributed by atoms with Gasteiger partial charge in [-0.15, -0.1) is 0 Å². The van der Waals surface area contributed by atoms with Gasteiger partial charge in [0.25, 0.3) is 0 Å². The van der Waals surface area contributed by atoms with E-state index in [-0.39, 0.29) is 17.7 Å². The Morgan fingerprint density at radius 3 is 2.48 bits per heavy atom. The second-order valence-corrected chi connectivity index (χ2v) is 8.09. The molecule has 23 heavy (non-hydrogen) atoms. The fourth-order valence-electron chi connectivity index (χ4n) is 2.84. The van der Waals surface area contributed by atoms with Gasteiger partial charge in [-0.2, -0.15) is 0 Å². The molecule has 0 aliphatic carbocycles. The molecular formula is C17H26N2O3S. The van der Waals surface area contributed by atoms with Gasteiger partial charge in [0.15, 0.2) is 0 Å². The van der Waals surface area contributed by atoms with E-state index < -0.39 is 10.0 Å². The molecule has 0 spiro atoms. The zero-order valence-electron chi connectivity index (χ0n) is 13.7. The first-order chi connectivity index (χ1) is 11.0. The zero-order valence-corrected chi connectivity index (χ0v) is 14.5. The number of carbonyl (C=O) groups excluding carboxylic acids is 1. The second kappa shape index (κ2) is 8.45. The summed E-state index contributed by atoms with van der Waals surface area (Å²) >= 11 is 0. The van der Waals surface area contributed by atoms with Crippen LogP contribution in [0.2, 0.25) is 0 Å². The third kappa shape index (κ3) is 5.62. The Labute approximate surface area is 139 Å². The van der Waals surface area contributed by atoms with Crippen molar-refractivity contribution in [3.05, 3.63) is 35.9 Å². The predicted molar refractivity (Wildman–Crippen MR) is 91.6 cm³/mol. The summed E-state index contributed by atoms with van der Waals surface area (Å²) in [6.07, 6.45) is 3.28. The van der Waals surface area contributed by atoms with Crippen molar-refractivity contribution in [2.75, 3.05) is 18.8 Å². The quantitative estimate of drug-likeness (QED) is 0.826. The minimum atomic E-state index is -3.19. The van der Waals surface area contributed by atoms with Crippen LogP contribution in [0.15, 0.2) is 30.3 Å². The molecular weight excluding hydrogens is 312 g/mol. The van der Waals surface area contributed by atoms with E-state index in [1.165, 1.54) is 5.56 Å². The average molecular weight is 338 g/mol. The summed E-state index contributed by atoms with van der Waals surface area (Å²) in [4.78, 5) is 11.4. The number of aryl methyl sites for hydroxylation is 1. The summed E-state index contributed by atoms with van der Waals surface area (Å²) in [5.74, 6) is 0.225. The monoisotopic (exact) mass is 338 g/mol. The molecule has 0 aromatic heterocycles. The van der Waals surface area contributed by atoms with Crippen LogP contribution >= 0.6 is 0 Å². The maximum Gasteiger partial charge on any atom is 0.219 e. The predicted octanol–water partition coefficient (Wildman–Crippen LogP) is 1.94. The Morgan fingerprint density at radius 1 is 1.22 bits per heavy atom. The molecule has 0 radical (unpaired) electrons. The minimum absolute atomic E-state index is 0.0363. The van der Waals surface area contributed by atoms with Gasteiger partial charge in [0.05, 0.1) is 5.75 Å². The molecule has 1 amide bonds. The van der Waals surface area contributed by atoms with Gasteiger partial charge in [0.1, 0.15) is 0 Å². The van der Waals surface area contributed by atoms with Gasteiger partial charge in [-0.05, 0) is 31.2 Å². The Bertz CT molecular complexity index is 594. The van der Waals surface area contributed by atoms with Gasteiger partial charge in [-0.1, -0.05) is 37.3 Å². The number of hydrogen-bond acceptors (Lipinski definition) is 3. The normalized spacial score (nSPS) is 17.1. The molecule has 1 aromatic carbocycles. The number of nitrogens with one attached hydrogen (secondary N) is 1. The van der Waals surface area contributed by atoms with E-state index in [9.17, 15) is 13.2 Å². The number of amides is 1. The molecule has 5 nitrogen and oxygen atoms in total. The zero-order chi connectivity index (χ0) is 16.7. The van der Waals surface area contributed by atoms with Gasteiger partial charge in [-0.25, -0.2) is 12.7 Å². The first-order valence-electron chi connectivity index (χ1n) is 8.32. The van der Waals surface area contributed by atoms with Crippen molar-refractivity contribution in [1.29, 1.82) is 0 Å². The van der Waals surface area contributed by atoms with Crippen LogP contribution < -0.4 is 5.32 Å². The lowest BCUT2D eigenvalue weighted by Crippen LogP contribution is -2.46. The fourth-order valence-corrected chi connectivity index (χ4v) is 4.38. The van der Waals surface area contributed by atoms with E-state index in [0.29, 0.717) is 38.8 Å². The van der Waals surface area contributed by atoms with E-state index in [0.717, 1.165) is 6.42 Å². The van der Waals surface area contributed by atoms with Crippen LogP contribution in [0, 0.1) is 0 Å². The molecule has 1 aliphatic rings. The van der Waals surface area contributed by atoms with Crippen LogP contribution in [0.1, 0.15) is 38.2 Å². The highest BCUT2D eigenvalue weighted by molar-refractivity contribution is 7.89. The van der Waals surface area contributed by atoms with Gasteiger partial charge in [0.2, 0.25) is 15.9 Å². The Hall–Kier alpha value is -1.40. The number of nitrogens with zero attached hydrogens (tertiary/aromatic N) is 1. The van der Waals surface area contributed by atoms with Crippen molar-refractivity contribution in [2.24, 2.45) is 0 Å². The summed E-state index contributed by atoms with van der Waals surface area (Å²) in [6.45, 7) is 2.83. The summed E-state index contributed by atoms with van der Waals surface area (Å²) in [5.41, 5.74) is 1.17. The van der Waals surface area contributed by atoms with E-state index in [1.54, 1.807) is 4.31 Å². The average Bonchev–Trinajstić information content (AvgIpc) is 2.56. The molecule has 128 valence electrons. The van der Waals surface area contributed by atoms with E-state index in [2.05, 4.69) is 5.32 Å². The fraction of sp³-hybridized carbons (Fsp3) is 0.588. The van der Waals surface area contributed by atoms with Crippen LogP contribution in [0.5, 0.6) is 0 Å². The number of hydrogen-bond donors (Lipinski definition) is 1. The standard InChI is InChI=1S/C17H26N2O3S/c1-2-17(20)18-16-10-12-19(13-11-16)23(21,22)14-6-9-15-7-4-3-5-8-15/h3-5,7-8,16H,2,6,9-14H2,1H3,(H,18,20). The van der Waals surface area contributed by atoms with Crippen molar-refractivity contribution < 1.29 is 13.2 Å². The molecule has 1 N–H and O–H groups in total. The molecule has 0 atom stereocenters. The van der Waals surface area contributed by atoms with Crippen molar-refractivity contribution in [3.63, 3.8) is 0 Å². The Morgan fingerprint density at radius 2 is 1.87 bits per heavy atom. The third-order valence-corrected chi connectivity index (χ3v) is 6.20. The molecule has 1 aliphatic heterocycles. The Kier molecular flexibility index (Phi) is 6.59. The smallest absolute Gasteiger partial charge is 0.219 e. The van der Waals surface area contributed by atoms with Crippen LogP contribution in [0.25, 0.3) is 0 Å². The summed E-state index contributed by atoms with van der Waals surface area (Å²) in [5, 5.41) is 2.94. The second-order valence-electron chi connectivity index (χ2n) is 6.00. The highest BCUT2D eigenvalue weighted by atomic mass is 32.2. The maximum absolute atomic E-state index is 12.4. The molecule has 2 rings (SSSR count). The highest BCUT2D eigenvalue weighted by Crippen LogP contribution is 2.16. The first kappa shape index (κ1) is 17.9. The topological polar surface area (TPSA) is 66.5 Å². The van der Waals surface area contributed by atoms with E-state index in [4.69, 9.17) is 0 Å². The van der Waals surface area contributed by atoms with Gasteiger partial charge in [0, 0.05) is 25.6 Å². The van der Waals surface area contributed by atoms with Gasteiger partial charge < -0.3 is 5.32 Å². The number of carbonyl (C=O) groups is 1. The van der Waals surface area contributed by atoms with Crippen LogP contribution in [0.4, 0.5) is 0 Å². The number of rotatable bonds is 7. The SMILES string of the molecule is CCC(=O)NC1CCN(S(=O)(=O)CCCc2ccccc2)CC1. The van der Waals surface area contributed by atoms with Gasteiger partial charge >= 0.3 is 0 Å². The lowest BCUT2D eigenvalue weighted by molar-refractivity contribution is -0.121. The molecule has 0 saturated carbocycles. The van der Waals surface area contributed by atoms with Gasteiger partial charge in [-0.3, -0.25) is 4.79 Å². The number of benzene rings is 1. The maximum atomic E-state index is 12.4. The number of piperidine rings is 1. The lowest BCUT2D eigenvalue weighted by Gasteiger charge is -2.31. The van der Waals surface area contributed by atoms with E-state index in [1.807, 2.05) is 37.3 Å². The van der Waals surface area contributed by atoms with Crippen LogP contribution in [0.3, 0.4) is 0 Å². The minimum Gasteiger partial charge on any atom is -0.353 e. The summed E-state index contributed by atoms with van der Waals surface area (Å²) < 4.78 is 26.4. The van der Waals surface area contributed by atoms with Crippen molar-refractivity contribution in [2.45, 2.75) is 45.1 Å². The lowest BCUT2D eigenvalue weighted by atomic mass is 10.1. The van der Waals surface area contributed by atoms with E-state index >= 15 is 0 Å². The first-order valence-corrected chi connectivity index (χ1v) is 9.93. The molecule has 0 bridgehead atoms. The summed E-state index contributed by atoms with van der Waals surface area (Å²) in [7, 11) is -3.19. The highest BCUT2D eigenvalue weighted by Gasteiger charge is 2.27. The van der Waals surface area contributed by atoms with Crippen LogP contribution in [-0.2, 0) is 21.2 Å². The van der Waals surface area contributed by atoms with Crippen molar-refractivity contribution in [3.8, 4) is 0 Å². The largest absolute Gasteiger partial charge is 0.353 e. The third-order valence-electron chi connectivity index (χ3n) is 4.24. The Balaban J connectivity index is 1.76. The number of sulfonamides is 1. The molecule has 1 aromatic rings. The van der Waals surface area contributed by atoms with Crippen molar-refractivity contribution in [1.82, 2.24) is 9.62 Å². The van der Waals surface area contributed by atoms with Crippen molar-refractivity contribution >= 4 is 15.9 Å². The van der Waals surface area contributed by atoms with Crippen LogP contribution in [-0.4, -0.2) is 43.5 Å². The molecule has 0 unspecified atom stereocenters. The summed E-state index contributed by atoms with van der Waals surface area (Å²) in [6, 6.07) is 10.1. The molecule has 1 heterocycles. The molecule has 1 saturated heterocycles. The molecule has 1 fully saturated rings.